The molecule has 0 bridgehead atoms. The van der Waals surface area contributed by atoms with Gasteiger partial charge in [-0.1, -0.05) is 0 Å². The van der Waals surface area contributed by atoms with Gasteiger partial charge in [0, 0.05) is 24.2 Å². The van der Waals surface area contributed by atoms with Crippen molar-refractivity contribution in [1.82, 2.24) is 4.98 Å². The number of hydrogen-bond donors (Lipinski definition) is 0. The van der Waals surface area contributed by atoms with Crippen molar-refractivity contribution in [2.24, 2.45) is 0 Å². The molecule has 0 aliphatic carbocycles. The Morgan fingerprint density at radius 2 is 2.41 bits per heavy atom. The third kappa shape index (κ3) is 3.89. The van der Waals surface area contributed by atoms with Crippen molar-refractivity contribution in [2.75, 3.05) is 30.6 Å². The molecule has 1 rings (SSSR count). The summed E-state index contributed by atoms with van der Waals surface area (Å²) in [5.41, 5.74) is 0.398. The van der Waals surface area contributed by atoms with Gasteiger partial charge in [-0.05, 0) is 20.1 Å². The quantitative estimate of drug-likeness (QED) is 0.746. The van der Waals surface area contributed by atoms with E-state index in [1.54, 1.807) is 24.1 Å². The Kier molecular flexibility index (Phi) is 5.77. The summed E-state index contributed by atoms with van der Waals surface area (Å²) in [4.78, 5) is 17.9. The summed E-state index contributed by atoms with van der Waals surface area (Å²) >= 11 is 3.27. The Morgan fingerprint density at radius 3 is 3.00 bits per heavy atom. The second-order valence-electron chi connectivity index (χ2n) is 3.65. The topological polar surface area (TPSA) is 42.4 Å². The first kappa shape index (κ1) is 14.3. The molecule has 1 aromatic heterocycles. The molecule has 96 valence electrons. The number of esters is 1. The van der Waals surface area contributed by atoms with Gasteiger partial charge < -0.3 is 9.64 Å². The zero-order chi connectivity index (χ0) is 12.8. The maximum absolute atomic E-state index is 11.5. The molecule has 0 fully saturated rings. The highest BCUT2D eigenvalue weighted by Gasteiger charge is 2.16. The molecule has 0 saturated carbocycles. The molecule has 17 heavy (non-hydrogen) atoms. The Bertz CT molecular complexity index is 368. The molecule has 0 saturated heterocycles. The van der Waals surface area contributed by atoms with Crippen LogP contribution in [0.25, 0.3) is 0 Å². The predicted molar refractivity (Wildman–Crippen MR) is 74.3 cm³/mol. The van der Waals surface area contributed by atoms with Crippen LogP contribution in [0.1, 0.15) is 24.3 Å². The lowest BCUT2D eigenvalue weighted by atomic mass is 10.4. The van der Waals surface area contributed by atoms with Crippen molar-refractivity contribution in [3.05, 3.63) is 11.1 Å². The number of nitrogens with zero attached hydrogens (tertiary/aromatic N) is 2. The standard InChI is InChI=1S/C11H18N2O2S2/c1-5-15-10(14)9-7-17-11(12-9)13(3)8(2)6-16-4/h7-8H,5-6H2,1-4H3. The summed E-state index contributed by atoms with van der Waals surface area (Å²) in [5, 5.41) is 2.60. The summed E-state index contributed by atoms with van der Waals surface area (Å²) in [6.45, 7) is 4.31. The van der Waals surface area contributed by atoms with E-state index in [0.717, 1.165) is 10.9 Å². The number of carbonyl (C=O) groups is 1. The van der Waals surface area contributed by atoms with Crippen molar-refractivity contribution < 1.29 is 9.53 Å². The molecule has 0 spiro atoms. The molecule has 1 aromatic rings. The number of carbonyl (C=O) groups excluding carboxylic acids is 1. The van der Waals surface area contributed by atoms with Crippen LogP contribution in [0.3, 0.4) is 0 Å². The third-order valence-corrected chi connectivity index (χ3v) is 4.09. The molecule has 0 radical (unpaired) electrons. The van der Waals surface area contributed by atoms with Gasteiger partial charge in [0.05, 0.1) is 6.61 Å². The maximum Gasteiger partial charge on any atom is 0.357 e. The van der Waals surface area contributed by atoms with Gasteiger partial charge in [0.25, 0.3) is 0 Å². The number of thiazole rings is 1. The Hall–Kier alpha value is -0.750. The van der Waals surface area contributed by atoms with Gasteiger partial charge in [-0.15, -0.1) is 11.3 Å². The monoisotopic (exact) mass is 274 g/mol. The minimum absolute atomic E-state index is 0.346. The Morgan fingerprint density at radius 1 is 1.71 bits per heavy atom. The number of rotatable bonds is 6. The van der Waals surface area contributed by atoms with Crippen LogP contribution in [-0.2, 0) is 4.74 Å². The van der Waals surface area contributed by atoms with Crippen LogP contribution in [0, 0.1) is 0 Å². The first-order chi connectivity index (χ1) is 8.10. The average molecular weight is 274 g/mol. The number of ether oxygens (including phenoxy) is 1. The molecule has 6 heteroatoms. The largest absolute Gasteiger partial charge is 0.461 e. The van der Waals surface area contributed by atoms with Crippen molar-refractivity contribution in [1.29, 1.82) is 0 Å². The van der Waals surface area contributed by atoms with E-state index < -0.39 is 0 Å². The van der Waals surface area contributed by atoms with Gasteiger partial charge in [-0.3, -0.25) is 0 Å². The van der Waals surface area contributed by atoms with E-state index in [4.69, 9.17) is 4.74 Å². The molecule has 1 heterocycles. The lowest BCUT2D eigenvalue weighted by Gasteiger charge is -2.23. The molecule has 0 amide bonds. The zero-order valence-corrected chi connectivity index (χ0v) is 12.2. The van der Waals surface area contributed by atoms with E-state index in [-0.39, 0.29) is 5.97 Å². The molecule has 0 aromatic carbocycles. The van der Waals surface area contributed by atoms with Crippen molar-refractivity contribution in [3.63, 3.8) is 0 Å². The highest BCUT2D eigenvalue weighted by atomic mass is 32.2. The van der Waals surface area contributed by atoms with Crippen LogP contribution in [0.15, 0.2) is 5.38 Å². The third-order valence-electron chi connectivity index (χ3n) is 2.35. The molecule has 0 aliphatic rings. The molecular weight excluding hydrogens is 256 g/mol. The Balaban J connectivity index is 2.70. The molecular formula is C11H18N2O2S2. The molecule has 1 unspecified atom stereocenters. The van der Waals surface area contributed by atoms with Gasteiger partial charge in [0.15, 0.2) is 10.8 Å². The Labute approximate surface area is 110 Å². The lowest BCUT2D eigenvalue weighted by molar-refractivity contribution is 0.0520. The summed E-state index contributed by atoms with van der Waals surface area (Å²) in [7, 11) is 1.99. The van der Waals surface area contributed by atoms with Crippen molar-refractivity contribution >= 4 is 34.2 Å². The summed E-state index contributed by atoms with van der Waals surface area (Å²) in [6.07, 6.45) is 2.08. The lowest BCUT2D eigenvalue weighted by Crippen LogP contribution is -2.30. The van der Waals surface area contributed by atoms with Crippen LogP contribution in [0.4, 0.5) is 5.13 Å². The average Bonchev–Trinajstić information content (AvgIpc) is 2.78. The minimum Gasteiger partial charge on any atom is -0.461 e. The first-order valence-electron chi connectivity index (χ1n) is 5.44. The summed E-state index contributed by atoms with van der Waals surface area (Å²) in [6, 6.07) is 0.395. The smallest absolute Gasteiger partial charge is 0.357 e. The normalized spacial score (nSPS) is 12.2. The second kappa shape index (κ2) is 6.86. The van der Waals surface area contributed by atoms with E-state index in [9.17, 15) is 4.79 Å². The summed E-state index contributed by atoms with van der Waals surface area (Å²) < 4.78 is 4.91. The molecule has 4 nitrogen and oxygen atoms in total. The summed E-state index contributed by atoms with van der Waals surface area (Å²) in [5.74, 6) is 0.686. The van der Waals surface area contributed by atoms with E-state index in [1.807, 2.05) is 7.05 Å². The van der Waals surface area contributed by atoms with Crippen LogP contribution in [0.5, 0.6) is 0 Å². The van der Waals surface area contributed by atoms with E-state index in [1.165, 1.54) is 11.3 Å². The van der Waals surface area contributed by atoms with Crippen LogP contribution < -0.4 is 4.90 Å². The fraction of sp³-hybridized carbons (Fsp3) is 0.636. The number of aromatic nitrogens is 1. The first-order valence-corrected chi connectivity index (χ1v) is 7.71. The maximum atomic E-state index is 11.5. The number of anilines is 1. The highest BCUT2D eigenvalue weighted by molar-refractivity contribution is 7.98. The van der Waals surface area contributed by atoms with E-state index >= 15 is 0 Å². The zero-order valence-electron chi connectivity index (χ0n) is 10.6. The van der Waals surface area contributed by atoms with Crippen LogP contribution in [-0.4, -0.2) is 42.7 Å². The van der Waals surface area contributed by atoms with Gasteiger partial charge >= 0.3 is 5.97 Å². The van der Waals surface area contributed by atoms with Crippen molar-refractivity contribution in [2.45, 2.75) is 19.9 Å². The fourth-order valence-corrected chi connectivity index (χ4v) is 2.84. The van der Waals surface area contributed by atoms with Gasteiger partial charge in [-0.25, -0.2) is 9.78 Å². The van der Waals surface area contributed by atoms with Crippen molar-refractivity contribution in [3.8, 4) is 0 Å². The number of hydrogen-bond acceptors (Lipinski definition) is 6. The molecule has 1 atom stereocenters. The van der Waals surface area contributed by atoms with Gasteiger partial charge in [0.1, 0.15) is 0 Å². The second-order valence-corrected chi connectivity index (χ2v) is 5.40. The van der Waals surface area contributed by atoms with E-state index in [0.29, 0.717) is 18.3 Å². The van der Waals surface area contributed by atoms with Crippen LogP contribution >= 0.6 is 23.1 Å². The number of thioether (sulfide) groups is 1. The molecule has 0 aliphatic heterocycles. The van der Waals surface area contributed by atoms with Crippen LogP contribution in [0.2, 0.25) is 0 Å². The predicted octanol–water partition coefficient (Wildman–Crippen LogP) is 2.51. The fourth-order valence-electron chi connectivity index (χ4n) is 1.27. The van der Waals surface area contributed by atoms with Gasteiger partial charge in [0.2, 0.25) is 0 Å². The SMILES string of the molecule is CCOC(=O)c1csc(N(C)C(C)CSC)n1. The van der Waals surface area contributed by atoms with E-state index in [2.05, 4.69) is 23.1 Å². The molecule has 0 N–H and O–H groups in total. The van der Waals surface area contributed by atoms with Gasteiger partial charge in [-0.2, -0.15) is 11.8 Å². The highest BCUT2D eigenvalue weighted by Crippen LogP contribution is 2.22. The minimum atomic E-state index is -0.346.